The Morgan fingerprint density at radius 2 is 1.82 bits per heavy atom. The van der Waals surface area contributed by atoms with Gasteiger partial charge < -0.3 is 9.84 Å². The molecule has 0 saturated heterocycles. The smallest absolute Gasteiger partial charge is 0.119 e. The normalized spacial score (nSPS) is 9.95. The molecule has 0 aromatic heterocycles. The lowest BCUT2D eigenvalue weighted by molar-refractivity contribution is 0.415. The van der Waals surface area contributed by atoms with Crippen LogP contribution in [0.5, 0.6) is 11.5 Å². The van der Waals surface area contributed by atoms with Crippen LogP contribution in [-0.2, 0) is 6.42 Å². The molecule has 0 heterocycles. The van der Waals surface area contributed by atoms with Crippen LogP contribution in [-0.4, -0.2) is 12.2 Å². The first-order valence-electron chi connectivity index (χ1n) is 7.27. The van der Waals surface area contributed by atoms with Crippen LogP contribution in [0, 0.1) is 6.92 Å². The van der Waals surface area contributed by atoms with Crippen molar-refractivity contribution in [1.82, 2.24) is 0 Å². The first kappa shape index (κ1) is 17.6. The van der Waals surface area contributed by atoms with Crippen LogP contribution >= 0.6 is 0 Å². The van der Waals surface area contributed by atoms with E-state index in [1.165, 1.54) is 5.56 Å². The molecule has 1 N–H and O–H groups in total. The number of hydrogen-bond acceptors (Lipinski definition) is 2. The van der Waals surface area contributed by atoms with Gasteiger partial charge in [0.1, 0.15) is 11.5 Å². The number of phenols is 1. The Bertz CT molecular complexity index is 590. The highest BCUT2D eigenvalue weighted by Gasteiger charge is 2.00. The Hall–Kier alpha value is -2.48. The highest BCUT2D eigenvalue weighted by Crippen LogP contribution is 2.20. The quantitative estimate of drug-likeness (QED) is 0.790. The minimum atomic E-state index is 0.366. The maximum absolute atomic E-state index is 9.37. The molecule has 22 heavy (non-hydrogen) atoms. The summed E-state index contributed by atoms with van der Waals surface area (Å²) in [4.78, 5) is 0. The zero-order valence-corrected chi connectivity index (χ0v) is 13.5. The van der Waals surface area contributed by atoms with E-state index in [4.69, 9.17) is 4.74 Å². The van der Waals surface area contributed by atoms with Crippen LogP contribution in [0.1, 0.15) is 23.6 Å². The summed E-state index contributed by atoms with van der Waals surface area (Å²) in [5.74, 6) is 1.27. The molecule has 2 aromatic rings. The molecule has 116 valence electrons. The molecule has 0 aliphatic rings. The molecule has 0 aliphatic heterocycles. The molecule has 2 heteroatoms. The van der Waals surface area contributed by atoms with Crippen LogP contribution in [0.25, 0.3) is 6.08 Å². The molecular weight excluding hydrogens is 272 g/mol. The first-order chi connectivity index (χ1) is 10.6. The van der Waals surface area contributed by atoms with Gasteiger partial charge in [0.2, 0.25) is 0 Å². The number of rotatable bonds is 4. The average molecular weight is 296 g/mol. The number of hydrogen-bond donors (Lipinski definition) is 1. The third-order valence-electron chi connectivity index (χ3n) is 3.21. The van der Waals surface area contributed by atoms with E-state index in [1.54, 1.807) is 19.3 Å². The molecule has 0 spiro atoms. The molecule has 0 aliphatic carbocycles. The van der Waals surface area contributed by atoms with Gasteiger partial charge >= 0.3 is 0 Å². The summed E-state index contributed by atoms with van der Waals surface area (Å²) in [6.45, 7) is 7.62. The van der Waals surface area contributed by atoms with Gasteiger partial charge in [-0.3, -0.25) is 0 Å². The van der Waals surface area contributed by atoms with Crippen molar-refractivity contribution in [3.8, 4) is 11.5 Å². The van der Waals surface area contributed by atoms with E-state index in [0.29, 0.717) is 5.75 Å². The Morgan fingerprint density at radius 3 is 2.32 bits per heavy atom. The van der Waals surface area contributed by atoms with Gasteiger partial charge in [-0.25, -0.2) is 0 Å². The summed E-state index contributed by atoms with van der Waals surface area (Å²) < 4.78 is 5.02. The minimum Gasteiger partial charge on any atom is -0.508 e. The summed E-state index contributed by atoms with van der Waals surface area (Å²) in [6, 6.07) is 13.5. The SMILES string of the molecule is C=CCc1c(C)cccc1O.CC=Cc1ccc(OC)cc1. The van der Waals surface area contributed by atoms with Crippen molar-refractivity contribution in [2.24, 2.45) is 0 Å². The lowest BCUT2D eigenvalue weighted by Crippen LogP contribution is -1.86. The molecule has 0 fully saturated rings. The van der Waals surface area contributed by atoms with E-state index in [1.807, 2.05) is 56.3 Å². The molecule has 2 nitrogen and oxygen atoms in total. The van der Waals surface area contributed by atoms with Crippen molar-refractivity contribution < 1.29 is 9.84 Å². The van der Waals surface area contributed by atoms with E-state index < -0.39 is 0 Å². The number of aromatic hydroxyl groups is 1. The second-order valence-corrected chi connectivity index (χ2v) is 4.84. The molecule has 0 radical (unpaired) electrons. The van der Waals surface area contributed by atoms with E-state index in [9.17, 15) is 5.11 Å². The summed E-state index contributed by atoms with van der Waals surface area (Å²) in [5.41, 5.74) is 3.29. The second kappa shape index (κ2) is 9.46. The van der Waals surface area contributed by atoms with Crippen LogP contribution in [0.15, 0.2) is 61.2 Å². The molecule has 0 unspecified atom stereocenters. The topological polar surface area (TPSA) is 29.5 Å². The largest absolute Gasteiger partial charge is 0.508 e. The molecule has 0 amide bonds. The lowest BCUT2D eigenvalue weighted by Gasteiger charge is -2.04. The predicted molar refractivity (Wildman–Crippen MR) is 94.4 cm³/mol. The zero-order valence-electron chi connectivity index (χ0n) is 13.5. The van der Waals surface area contributed by atoms with Gasteiger partial charge in [-0.15, -0.1) is 6.58 Å². The van der Waals surface area contributed by atoms with Crippen molar-refractivity contribution in [3.63, 3.8) is 0 Å². The van der Waals surface area contributed by atoms with Crippen LogP contribution in [0.3, 0.4) is 0 Å². The van der Waals surface area contributed by atoms with Crippen molar-refractivity contribution in [2.45, 2.75) is 20.3 Å². The Balaban J connectivity index is 0.000000220. The number of ether oxygens (including phenoxy) is 1. The standard InChI is InChI=1S/2C10H12O/c1-3-5-9-8(2)6-4-7-10(9)11;1-3-4-9-5-7-10(11-2)8-6-9/h3-4,6-7,11H,1,5H2,2H3;3-8H,1-2H3. The van der Waals surface area contributed by atoms with Crippen molar-refractivity contribution in [3.05, 3.63) is 77.9 Å². The number of methoxy groups -OCH3 is 1. The van der Waals surface area contributed by atoms with Gasteiger partial charge in [-0.2, -0.15) is 0 Å². The molecule has 0 saturated carbocycles. The van der Waals surface area contributed by atoms with Crippen LogP contribution < -0.4 is 4.74 Å². The van der Waals surface area contributed by atoms with Crippen molar-refractivity contribution >= 4 is 6.08 Å². The zero-order chi connectivity index (χ0) is 16.4. The van der Waals surface area contributed by atoms with Gasteiger partial charge in [-0.1, -0.05) is 42.5 Å². The average Bonchev–Trinajstić information content (AvgIpc) is 2.53. The summed E-state index contributed by atoms with van der Waals surface area (Å²) in [5, 5.41) is 9.37. The van der Waals surface area contributed by atoms with Crippen LogP contribution in [0.4, 0.5) is 0 Å². The maximum atomic E-state index is 9.37. The highest BCUT2D eigenvalue weighted by atomic mass is 16.5. The molecule has 0 bridgehead atoms. The Morgan fingerprint density at radius 1 is 1.14 bits per heavy atom. The van der Waals surface area contributed by atoms with E-state index in [-0.39, 0.29) is 0 Å². The Labute approximate surface area is 133 Å². The Kier molecular flexibility index (Phi) is 7.55. The van der Waals surface area contributed by atoms with Gasteiger partial charge in [-0.05, 0) is 49.6 Å². The predicted octanol–water partition coefficient (Wildman–Crippen LogP) is 5.16. The van der Waals surface area contributed by atoms with Crippen molar-refractivity contribution in [1.29, 1.82) is 0 Å². The van der Waals surface area contributed by atoms with Gasteiger partial charge in [0, 0.05) is 5.56 Å². The monoisotopic (exact) mass is 296 g/mol. The summed E-state index contributed by atoms with van der Waals surface area (Å²) in [6.07, 6.45) is 6.60. The summed E-state index contributed by atoms with van der Waals surface area (Å²) >= 11 is 0. The molecular formula is C20H24O2. The van der Waals surface area contributed by atoms with Gasteiger partial charge in [0.15, 0.2) is 0 Å². The number of allylic oxidation sites excluding steroid dienone is 2. The van der Waals surface area contributed by atoms with E-state index in [2.05, 4.69) is 12.7 Å². The van der Waals surface area contributed by atoms with Crippen LogP contribution in [0.2, 0.25) is 0 Å². The van der Waals surface area contributed by atoms with E-state index >= 15 is 0 Å². The maximum Gasteiger partial charge on any atom is 0.119 e. The molecule has 2 rings (SSSR count). The fourth-order valence-electron chi connectivity index (χ4n) is 2.00. The van der Waals surface area contributed by atoms with Crippen molar-refractivity contribution in [2.75, 3.05) is 7.11 Å². The molecule has 2 aromatic carbocycles. The fraction of sp³-hybridized carbons (Fsp3) is 0.200. The number of benzene rings is 2. The van der Waals surface area contributed by atoms with E-state index in [0.717, 1.165) is 23.3 Å². The molecule has 0 atom stereocenters. The number of phenolic OH excluding ortho intramolecular Hbond substituents is 1. The lowest BCUT2D eigenvalue weighted by atomic mass is 10.1. The van der Waals surface area contributed by atoms with Gasteiger partial charge in [0.05, 0.1) is 7.11 Å². The fourth-order valence-corrected chi connectivity index (χ4v) is 2.00. The number of aryl methyl sites for hydroxylation is 1. The third-order valence-corrected chi connectivity index (χ3v) is 3.21. The second-order valence-electron chi connectivity index (χ2n) is 4.84. The van der Waals surface area contributed by atoms with Gasteiger partial charge in [0.25, 0.3) is 0 Å². The third kappa shape index (κ3) is 5.49. The minimum absolute atomic E-state index is 0.366. The highest BCUT2D eigenvalue weighted by molar-refractivity contribution is 5.50. The first-order valence-corrected chi connectivity index (χ1v) is 7.27. The summed E-state index contributed by atoms with van der Waals surface area (Å²) in [7, 11) is 1.67.